The van der Waals surface area contributed by atoms with Crippen molar-refractivity contribution in [3.63, 3.8) is 0 Å². The quantitative estimate of drug-likeness (QED) is 0.337. The molecule has 4 rings (SSSR count). The number of hydrogen-bond donors (Lipinski definition) is 0. The minimum atomic E-state index is 0.426. The van der Waals surface area contributed by atoms with E-state index < -0.39 is 0 Å². The number of benzene rings is 2. The van der Waals surface area contributed by atoms with E-state index in [-0.39, 0.29) is 0 Å². The van der Waals surface area contributed by atoms with Crippen LogP contribution < -0.4 is 4.57 Å². The standard InChI is InChI=1S/C28H34N3/c1-8-25-29-24-16-17-30(7)27(23-13-10-9-12-20(23)6)28(24)31(25)26-21(18(2)3)14-11-15-22(26)19(4)5/h9-19H,8H2,1-7H3/q+1. The Bertz CT molecular complexity index is 1220. The summed E-state index contributed by atoms with van der Waals surface area (Å²) in [7, 11) is 2.14. The molecule has 0 N–H and O–H groups in total. The van der Waals surface area contributed by atoms with Crippen LogP contribution in [0.15, 0.2) is 54.7 Å². The molecule has 0 aliphatic carbocycles. The molecule has 31 heavy (non-hydrogen) atoms. The van der Waals surface area contributed by atoms with Gasteiger partial charge < -0.3 is 0 Å². The zero-order valence-corrected chi connectivity index (χ0v) is 19.9. The molecule has 4 aromatic rings. The van der Waals surface area contributed by atoms with Gasteiger partial charge in [-0.2, -0.15) is 4.57 Å². The van der Waals surface area contributed by atoms with Gasteiger partial charge in [0.05, 0.1) is 11.3 Å². The number of nitrogens with zero attached hydrogens (tertiary/aromatic N) is 3. The normalized spacial score (nSPS) is 11.8. The number of fused-ring (bicyclic) bond motifs is 1. The third-order valence-corrected chi connectivity index (χ3v) is 6.29. The third-order valence-electron chi connectivity index (χ3n) is 6.29. The fourth-order valence-corrected chi connectivity index (χ4v) is 4.66. The molecule has 0 aliphatic heterocycles. The monoisotopic (exact) mass is 412 g/mol. The van der Waals surface area contributed by atoms with E-state index in [0.29, 0.717) is 11.8 Å². The lowest BCUT2D eigenvalue weighted by Crippen LogP contribution is -2.31. The van der Waals surface area contributed by atoms with Crippen molar-refractivity contribution in [1.29, 1.82) is 0 Å². The van der Waals surface area contributed by atoms with E-state index in [2.05, 4.69) is 112 Å². The first kappa shape index (κ1) is 21.3. The largest absolute Gasteiger partial charge is 0.290 e. The van der Waals surface area contributed by atoms with Crippen LogP contribution in [0.1, 0.15) is 69.0 Å². The van der Waals surface area contributed by atoms with Crippen LogP contribution in [0.5, 0.6) is 0 Å². The Hall–Kier alpha value is -2.94. The maximum absolute atomic E-state index is 5.12. The summed E-state index contributed by atoms with van der Waals surface area (Å²) in [6.07, 6.45) is 3.02. The van der Waals surface area contributed by atoms with Crippen LogP contribution in [-0.2, 0) is 13.5 Å². The molecule has 0 saturated heterocycles. The van der Waals surface area contributed by atoms with E-state index in [9.17, 15) is 0 Å². The van der Waals surface area contributed by atoms with Gasteiger partial charge in [0.1, 0.15) is 23.9 Å². The average Bonchev–Trinajstić information content (AvgIpc) is 3.12. The molecule has 3 nitrogen and oxygen atoms in total. The molecule has 0 bridgehead atoms. The molecule has 0 unspecified atom stereocenters. The van der Waals surface area contributed by atoms with Gasteiger partial charge in [0.2, 0.25) is 5.69 Å². The van der Waals surface area contributed by atoms with E-state index in [0.717, 1.165) is 17.8 Å². The Morgan fingerprint density at radius 2 is 1.55 bits per heavy atom. The minimum Gasteiger partial charge on any atom is -0.290 e. The molecule has 0 fully saturated rings. The topological polar surface area (TPSA) is 21.7 Å². The first-order chi connectivity index (χ1) is 14.8. The first-order valence-corrected chi connectivity index (χ1v) is 11.4. The molecule has 2 aromatic heterocycles. The predicted octanol–water partition coefficient (Wildman–Crippen LogP) is 6.63. The van der Waals surface area contributed by atoms with Crippen LogP contribution >= 0.6 is 0 Å². The van der Waals surface area contributed by atoms with Crippen molar-refractivity contribution in [2.24, 2.45) is 7.05 Å². The van der Waals surface area contributed by atoms with Gasteiger partial charge in [0.25, 0.3) is 0 Å². The van der Waals surface area contributed by atoms with E-state index >= 15 is 0 Å². The lowest BCUT2D eigenvalue weighted by molar-refractivity contribution is -0.659. The highest BCUT2D eigenvalue weighted by atomic mass is 15.1. The van der Waals surface area contributed by atoms with Crippen LogP contribution in [0.3, 0.4) is 0 Å². The summed E-state index contributed by atoms with van der Waals surface area (Å²) in [6.45, 7) is 13.5. The number of hydrogen-bond acceptors (Lipinski definition) is 1. The second-order valence-corrected chi connectivity index (χ2v) is 9.14. The highest BCUT2D eigenvalue weighted by molar-refractivity contribution is 5.91. The third kappa shape index (κ3) is 3.56. The minimum absolute atomic E-state index is 0.426. The highest BCUT2D eigenvalue weighted by Gasteiger charge is 2.27. The van der Waals surface area contributed by atoms with Crippen molar-refractivity contribution < 1.29 is 4.57 Å². The summed E-state index contributed by atoms with van der Waals surface area (Å²) in [5, 5.41) is 0. The zero-order valence-electron chi connectivity index (χ0n) is 19.9. The fraction of sp³-hybridized carbons (Fsp3) is 0.357. The van der Waals surface area contributed by atoms with Gasteiger partial charge in [-0.25, -0.2) is 4.98 Å². The second-order valence-electron chi connectivity index (χ2n) is 9.14. The molecule has 160 valence electrons. The first-order valence-electron chi connectivity index (χ1n) is 11.4. The molecule has 3 heteroatoms. The lowest BCUT2D eigenvalue weighted by atomic mass is 9.92. The van der Waals surface area contributed by atoms with Crippen LogP contribution in [0.25, 0.3) is 28.0 Å². The van der Waals surface area contributed by atoms with Gasteiger partial charge in [-0.1, -0.05) is 71.0 Å². The maximum Gasteiger partial charge on any atom is 0.239 e. The van der Waals surface area contributed by atoms with Gasteiger partial charge >= 0.3 is 0 Å². The molecule has 0 saturated carbocycles. The van der Waals surface area contributed by atoms with Gasteiger partial charge in [-0.15, -0.1) is 0 Å². The SMILES string of the molecule is CCc1nc2cc[n+](C)c(-c3ccccc3C)c2n1-c1c(C(C)C)cccc1C(C)C. The number of rotatable bonds is 5. The average molecular weight is 413 g/mol. The summed E-state index contributed by atoms with van der Waals surface area (Å²) in [5.41, 5.74) is 10.1. The summed E-state index contributed by atoms with van der Waals surface area (Å²) in [4.78, 5) is 5.12. The van der Waals surface area contributed by atoms with Crippen LogP contribution in [0, 0.1) is 6.92 Å². The Morgan fingerprint density at radius 3 is 2.13 bits per heavy atom. The van der Waals surface area contributed by atoms with Crippen molar-refractivity contribution >= 4 is 11.0 Å². The molecular weight excluding hydrogens is 378 g/mol. The lowest BCUT2D eigenvalue weighted by Gasteiger charge is -2.22. The van der Waals surface area contributed by atoms with Crippen LogP contribution in [-0.4, -0.2) is 9.55 Å². The van der Waals surface area contributed by atoms with Crippen LogP contribution in [0.4, 0.5) is 0 Å². The van der Waals surface area contributed by atoms with E-state index in [1.807, 2.05) is 0 Å². The fourth-order valence-electron chi connectivity index (χ4n) is 4.66. The maximum atomic E-state index is 5.12. The van der Waals surface area contributed by atoms with E-state index in [1.165, 1.54) is 39.2 Å². The zero-order chi connectivity index (χ0) is 22.3. The summed E-state index contributed by atoms with van der Waals surface area (Å²) in [6, 6.07) is 17.6. The number of pyridine rings is 1. The molecule has 0 aliphatic rings. The second kappa shape index (κ2) is 8.30. The predicted molar refractivity (Wildman–Crippen MR) is 130 cm³/mol. The van der Waals surface area contributed by atoms with Gasteiger partial charge in [-0.3, -0.25) is 4.57 Å². The van der Waals surface area contributed by atoms with Crippen molar-refractivity contribution in [3.05, 3.63) is 77.2 Å². The Morgan fingerprint density at radius 1 is 0.903 bits per heavy atom. The van der Waals surface area contributed by atoms with E-state index in [4.69, 9.17) is 4.98 Å². The number of aromatic nitrogens is 3. The Labute approximate surface area is 186 Å². The summed E-state index contributed by atoms with van der Waals surface area (Å²) < 4.78 is 4.71. The van der Waals surface area contributed by atoms with Crippen molar-refractivity contribution in [1.82, 2.24) is 9.55 Å². The molecular formula is C28H34N3+. The highest BCUT2D eigenvalue weighted by Crippen LogP contribution is 2.37. The molecule has 2 heterocycles. The van der Waals surface area contributed by atoms with Crippen molar-refractivity contribution in [2.75, 3.05) is 0 Å². The molecule has 0 atom stereocenters. The number of aryl methyl sites for hydroxylation is 3. The smallest absolute Gasteiger partial charge is 0.239 e. The van der Waals surface area contributed by atoms with Gasteiger partial charge in [0, 0.05) is 12.5 Å². The molecule has 0 amide bonds. The van der Waals surface area contributed by atoms with Gasteiger partial charge in [-0.05, 0) is 41.5 Å². The molecule has 0 radical (unpaired) electrons. The molecule has 0 spiro atoms. The Kier molecular flexibility index (Phi) is 5.70. The summed E-state index contributed by atoms with van der Waals surface area (Å²) >= 11 is 0. The van der Waals surface area contributed by atoms with Gasteiger partial charge in [0.15, 0.2) is 6.20 Å². The van der Waals surface area contributed by atoms with Crippen LogP contribution in [0.2, 0.25) is 0 Å². The van der Waals surface area contributed by atoms with E-state index in [1.54, 1.807) is 0 Å². The summed E-state index contributed by atoms with van der Waals surface area (Å²) in [5.74, 6) is 1.97. The van der Waals surface area contributed by atoms with Crippen molar-refractivity contribution in [2.45, 2.75) is 59.8 Å². The Balaban J connectivity index is 2.22. The number of imidazole rings is 1. The van der Waals surface area contributed by atoms with Crippen molar-refractivity contribution in [3.8, 4) is 16.9 Å². The number of para-hydroxylation sites is 1. The molecule has 2 aromatic carbocycles.